The van der Waals surface area contributed by atoms with E-state index in [4.69, 9.17) is 38.0 Å². The summed E-state index contributed by atoms with van der Waals surface area (Å²) in [5.41, 5.74) is 1.49. The zero-order valence-corrected chi connectivity index (χ0v) is 18.9. The van der Waals surface area contributed by atoms with Crippen LogP contribution in [-0.2, 0) is 9.53 Å². The lowest BCUT2D eigenvalue weighted by Crippen LogP contribution is -2.51. The number of nitrogens with one attached hydrogen (secondary N) is 2. The van der Waals surface area contributed by atoms with Crippen molar-refractivity contribution >= 4 is 34.9 Å². The van der Waals surface area contributed by atoms with Crippen molar-refractivity contribution in [1.82, 2.24) is 10.6 Å². The van der Waals surface area contributed by atoms with Crippen LogP contribution in [0.1, 0.15) is 52.1 Å². The fourth-order valence-corrected chi connectivity index (χ4v) is 3.71. The average molecular weight is 441 g/mol. The highest BCUT2D eigenvalue weighted by Gasteiger charge is 2.39. The molecule has 2 N–H and O–H groups in total. The summed E-state index contributed by atoms with van der Waals surface area (Å²) in [5, 5.41) is 7.15. The van der Waals surface area contributed by atoms with Crippen LogP contribution in [0.15, 0.2) is 23.9 Å². The molecule has 0 unspecified atom stereocenters. The number of benzene rings is 1. The number of halogens is 1. The number of carbonyl (C=O) groups is 1. The molecule has 1 aliphatic heterocycles. The van der Waals surface area contributed by atoms with Crippen molar-refractivity contribution in [2.45, 2.75) is 46.6 Å². The SMILES string of the molecule is CC/C=C1\NC(=S)N[C@@H](c2cc(Cl)c(OCCC)c(OCC)c2)[C@@H]1C(=O)OCC. The number of carbonyl (C=O) groups excluding carboxylic acids is 1. The summed E-state index contributed by atoms with van der Waals surface area (Å²) in [6, 6.07) is 3.19. The van der Waals surface area contributed by atoms with Gasteiger partial charge in [0.2, 0.25) is 0 Å². The molecule has 0 aliphatic carbocycles. The van der Waals surface area contributed by atoms with E-state index < -0.39 is 12.0 Å². The Balaban J connectivity index is 2.53. The lowest BCUT2D eigenvalue weighted by atomic mass is 9.88. The molecule has 6 nitrogen and oxygen atoms in total. The van der Waals surface area contributed by atoms with Crippen molar-refractivity contribution < 1.29 is 19.0 Å². The summed E-state index contributed by atoms with van der Waals surface area (Å²) in [7, 11) is 0. The third kappa shape index (κ3) is 5.76. The largest absolute Gasteiger partial charge is 0.490 e. The van der Waals surface area contributed by atoms with E-state index in [2.05, 4.69) is 10.6 Å². The lowest BCUT2D eigenvalue weighted by Gasteiger charge is -2.35. The number of ether oxygens (including phenoxy) is 3. The second-order valence-electron chi connectivity index (χ2n) is 6.49. The molecule has 1 saturated heterocycles. The van der Waals surface area contributed by atoms with E-state index in [1.807, 2.05) is 32.9 Å². The molecule has 0 aromatic heterocycles. The van der Waals surface area contributed by atoms with Gasteiger partial charge in [0.1, 0.15) is 5.92 Å². The molecule has 0 amide bonds. The fraction of sp³-hybridized carbons (Fsp3) is 0.524. The van der Waals surface area contributed by atoms with Gasteiger partial charge < -0.3 is 24.8 Å². The van der Waals surface area contributed by atoms with Crippen molar-refractivity contribution in [3.8, 4) is 11.5 Å². The fourth-order valence-electron chi connectivity index (χ4n) is 3.19. The van der Waals surface area contributed by atoms with Crippen LogP contribution < -0.4 is 20.1 Å². The Kier molecular flexibility index (Phi) is 9.04. The Morgan fingerprint density at radius 1 is 1.21 bits per heavy atom. The third-order valence-electron chi connectivity index (χ3n) is 4.32. The predicted octanol–water partition coefficient (Wildman–Crippen LogP) is 4.52. The first-order valence-electron chi connectivity index (χ1n) is 9.99. The highest BCUT2D eigenvalue weighted by molar-refractivity contribution is 7.80. The van der Waals surface area contributed by atoms with Crippen molar-refractivity contribution in [2.75, 3.05) is 19.8 Å². The number of hydrogen-bond acceptors (Lipinski definition) is 5. The van der Waals surface area contributed by atoms with Crippen LogP contribution in [-0.4, -0.2) is 30.9 Å². The van der Waals surface area contributed by atoms with Crippen LogP contribution in [0.25, 0.3) is 0 Å². The molecule has 0 radical (unpaired) electrons. The molecule has 0 saturated carbocycles. The number of hydrogen-bond donors (Lipinski definition) is 2. The molecule has 0 bridgehead atoms. The molecule has 1 aromatic carbocycles. The lowest BCUT2D eigenvalue weighted by molar-refractivity contribution is -0.147. The van der Waals surface area contributed by atoms with Gasteiger partial charge in [0.05, 0.1) is 30.9 Å². The second-order valence-corrected chi connectivity index (χ2v) is 7.30. The van der Waals surface area contributed by atoms with Crippen molar-refractivity contribution in [1.29, 1.82) is 0 Å². The standard InChI is InChI=1S/C21H29ClN2O4S/c1-5-9-15-17(20(25)27-8-4)18(24-21(29)23-15)13-11-14(22)19(28-10-6-2)16(12-13)26-7-3/h9,11-12,17-18H,5-8,10H2,1-4H3,(H2,23,24,29)/b15-9-/t17-,18+/m1/s1. The van der Waals surface area contributed by atoms with Gasteiger partial charge in [-0.3, -0.25) is 4.79 Å². The average Bonchev–Trinajstić information content (AvgIpc) is 2.67. The quantitative estimate of drug-likeness (QED) is 0.432. The Morgan fingerprint density at radius 3 is 2.59 bits per heavy atom. The minimum atomic E-state index is -0.588. The van der Waals surface area contributed by atoms with Gasteiger partial charge in [0, 0.05) is 5.70 Å². The molecular weight excluding hydrogens is 412 g/mol. The van der Waals surface area contributed by atoms with Gasteiger partial charge in [0.15, 0.2) is 16.6 Å². The van der Waals surface area contributed by atoms with Gasteiger partial charge in [0.25, 0.3) is 0 Å². The molecule has 0 spiro atoms. The third-order valence-corrected chi connectivity index (χ3v) is 4.82. The van der Waals surface area contributed by atoms with E-state index in [1.165, 1.54) is 0 Å². The van der Waals surface area contributed by atoms with Crippen LogP contribution in [0.4, 0.5) is 0 Å². The molecular formula is C21H29ClN2O4S. The summed E-state index contributed by atoms with van der Waals surface area (Å²) in [6.07, 6.45) is 3.55. The molecule has 2 rings (SSSR count). The van der Waals surface area contributed by atoms with Crippen LogP contribution in [0.5, 0.6) is 11.5 Å². The maximum Gasteiger partial charge on any atom is 0.317 e. The predicted molar refractivity (Wildman–Crippen MR) is 119 cm³/mol. The highest BCUT2D eigenvalue weighted by Crippen LogP contribution is 2.41. The van der Waals surface area contributed by atoms with Gasteiger partial charge in [-0.25, -0.2) is 0 Å². The van der Waals surface area contributed by atoms with E-state index >= 15 is 0 Å². The first kappa shape index (κ1) is 23.3. The summed E-state index contributed by atoms with van der Waals surface area (Å²) < 4.78 is 16.9. The van der Waals surface area contributed by atoms with Gasteiger partial charge in [-0.2, -0.15) is 0 Å². The summed E-state index contributed by atoms with van der Waals surface area (Å²) >= 11 is 11.9. The van der Waals surface area contributed by atoms with Crippen LogP contribution in [0, 0.1) is 5.92 Å². The van der Waals surface area contributed by atoms with E-state index in [9.17, 15) is 4.79 Å². The Labute approximate surface area is 182 Å². The van der Waals surface area contributed by atoms with E-state index in [0.29, 0.717) is 41.5 Å². The Bertz CT molecular complexity index is 769. The maximum atomic E-state index is 12.8. The van der Waals surface area contributed by atoms with Gasteiger partial charge in [-0.15, -0.1) is 0 Å². The van der Waals surface area contributed by atoms with E-state index in [1.54, 1.807) is 13.0 Å². The van der Waals surface area contributed by atoms with Crippen LogP contribution in [0.2, 0.25) is 5.02 Å². The maximum absolute atomic E-state index is 12.8. The smallest absolute Gasteiger partial charge is 0.317 e. The molecule has 1 aliphatic rings. The van der Waals surface area contributed by atoms with Crippen LogP contribution >= 0.6 is 23.8 Å². The number of rotatable bonds is 9. The number of allylic oxidation sites excluding steroid dienone is 1. The Hall–Kier alpha value is -1.99. The molecule has 1 heterocycles. The van der Waals surface area contributed by atoms with Crippen molar-refractivity contribution in [2.24, 2.45) is 5.92 Å². The van der Waals surface area contributed by atoms with Crippen LogP contribution in [0.3, 0.4) is 0 Å². The van der Waals surface area contributed by atoms with Gasteiger partial charge in [-0.05, 0) is 56.6 Å². The molecule has 2 atom stereocenters. The summed E-state index contributed by atoms with van der Waals surface area (Å²) in [6.45, 7) is 8.99. The summed E-state index contributed by atoms with van der Waals surface area (Å²) in [4.78, 5) is 12.8. The Morgan fingerprint density at radius 2 is 1.97 bits per heavy atom. The van der Waals surface area contributed by atoms with E-state index in [-0.39, 0.29) is 5.97 Å². The number of esters is 1. The number of thiocarbonyl (C=S) groups is 1. The first-order valence-corrected chi connectivity index (χ1v) is 10.8. The molecule has 160 valence electrons. The first-order chi connectivity index (χ1) is 14.0. The second kappa shape index (κ2) is 11.3. The molecule has 1 fully saturated rings. The summed E-state index contributed by atoms with van der Waals surface area (Å²) in [5.74, 6) is 0.126. The van der Waals surface area contributed by atoms with Gasteiger partial charge >= 0.3 is 5.97 Å². The zero-order valence-electron chi connectivity index (χ0n) is 17.3. The molecule has 8 heteroatoms. The zero-order chi connectivity index (χ0) is 21.4. The molecule has 1 aromatic rings. The van der Waals surface area contributed by atoms with Crippen molar-refractivity contribution in [3.63, 3.8) is 0 Å². The normalized spacial score (nSPS) is 20.0. The monoisotopic (exact) mass is 440 g/mol. The van der Waals surface area contributed by atoms with E-state index in [0.717, 1.165) is 24.1 Å². The minimum Gasteiger partial charge on any atom is -0.490 e. The topological polar surface area (TPSA) is 68.8 Å². The highest BCUT2D eigenvalue weighted by atomic mass is 35.5. The minimum absolute atomic E-state index is 0.292. The molecule has 29 heavy (non-hydrogen) atoms. The van der Waals surface area contributed by atoms with Crippen molar-refractivity contribution in [3.05, 3.63) is 34.5 Å². The van der Waals surface area contributed by atoms with Gasteiger partial charge in [-0.1, -0.05) is 31.5 Å².